The van der Waals surface area contributed by atoms with Crippen molar-refractivity contribution < 1.29 is 4.39 Å². The normalized spacial score (nSPS) is 12.8. The van der Waals surface area contributed by atoms with E-state index in [1.807, 2.05) is 24.3 Å². The molecule has 1 atom stereocenters. The standard InChI is InChI=1S/C15H9Br2FS/c16-12-6-3-5-9-11(8-19-15(9)12)14(17)10-4-1-2-7-13(10)18/h1-8,14H. The minimum Gasteiger partial charge on any atom is -0.207 e. The Labute approximate surface area is 131 Å². The number of halogens is 3. The first-order valence-corrected chi connectivity index (χ1v) is 8.31. The molecule has 0 spiro atoms. The number of hydrogen-bond donors (Lipinski definition) is 0. The maximum atomic E-state index is 13.9. The van der Waals surface area contributed by atoms with Gasteiger partial charge < -0.3 is 0 Å². The SMILES string of the molecule is Fc1ccccc1C(Br)c1csc2c(Br)cccc12. The molecule has 1 heterocycles. The van der Waals surface area contributed by atoms with Crippen LogP contribution in [0.15, 0.2) is 52.3 Å². The van der Waals surface area contributed by atoms with E-state index in [0.717, 1.165) is 15.4 Å². The summed E-state index contributed by atoms with van der Waals surface area (Å²) < 4.78 is 16.1. The van der Waals surface area contributed by atoms with Gasteiger partial charge in [0.15, 0.2) is 0 Å². The second-order valence-electron chi connectivity index (χ2n) is 4.19. The Hall–Kier alpha value is -0.710. The highest BCUT2D eigenvalue weighted by molar-refractivity contribution is 9.10. The van der Waals surface area contributed by atoms with E-state index in [9.17, 15) is 4.39 Å². The number of alkyl halides is 1. The molecule has 0 aliphatic rings. The van der Waals surface area contributed by atoms with Crippen molar-refractivity contribution in [1.29, 1.82) is 0 Å². The highest BCUT2D eigenvalue weighted by atomic mass is 79.9. The summed E-state index contributed by atoms with van der Waals surface area (Å²) >= 11 is 8.84. The smallest absolute Gasteiger partial charge is 0.127 e. The number of thiophene rings is 1. The van der Waals surface area contributed by atoms with Gasteiger partial charge in [-0.25, -0.2) is 4.39 Å². The zero-order chi connectivity index (χ0) is 13.4. The molecular formula is C15H9Br2FS. The Balaban J connectivity index is 2.15. The second kappa shape index (κ2) is 5.35. The van der Waals surface area contributed by atoms with E-state index in [4.69, 9.17) is 0 Å². The molecule has 1 aromatic heterocycles. The van der Waals surface area contributed by atoms with Crippen LogP contribution in [0.25, 0.3) is 10.1 Å². The highest BCUT2D eigenvalue weighted by Crippen LogP contribution is 2.41. The maximum absolute atomic E-state index is 13.9. The number of rotatable bonds is 2. The van der Waals surface area contributed by atoms with Crippen molar-refractivity contribution in [3.8, 4) is 0 Å². The van der Waals surface area contributed by atoms with E-state index in [1.165, 1.54) is 10.8 Å². The van der Waals surface area contributed by atoms with Crippen LogP contribution >= 0.6 is 43.2 Å². The molecule has 1 unspecified atom stereocenters. The third-order valence-corrected chi connectivity index (χ3v) is 5.99. The van der Waals surface area contributed by atoms with E-state index >= 15 is 0 Å². The van der Waals surface area contributed by atoms with Crippen molar-refractivity contribution in [3.05, 3.63) is 69.3 Å². The first kappa shape index (κ1) is 13.3. The fourth-order valence-electron chi connectivity index (χ4n) is 2.09. The predicted molar refractivity (Wildman–Crippen MR) is 86.7 cm³/mol. The molecular weight excluding hydrogens is 391 g/mol. The molecule has 3 rings (SSSR count). The van der Waals surface area contributed by atoms with Crippen molar-refractivity contribution in [2.45, 2.75) is 4.83 Å². The fraction of sp³-hybridized carbons (Fsp3) is 0.0667. The van der Waals surface area contributed by atoms with Crippen LogP contribution in [0.4, 0.5) is 4.39 Å². The van der Waals surface area contributed by atoms with E-state index in [2.05, 4.69) is 43.3 Å². The van der Waals surface area contributed by atoms with Crippen LogP contribution in [-0.4, -0.2) is 0 Å². The van der Waals surface area contributed by atoms with Gasteiger partial charge in [-0.2, -0.15) is 0 Å². The molecule has 0 radical (unpaired) electrons. The fourth-order valence-corrected chi connectivity index (χ4v) is 4.66. The van der Waals surface area contributed by atoms with Crippen molar-refractivity contribution in [2.75, 3.05) is 0 Å². The summed E-state index contributed by atoms with van der Waals surface area (Å²) in [6.45, 7) is 0. The minimum absolute atomic E-state index is 0.128. The third-order valence-electron chi connectivity index (χ3n) is 3.03. The Bertz CT molecular complexity index is 736. The molecule has 0 saturated carbocycles. The van der Waals surface area contributed by atoms with Crippen molar-refractivity contribution in [2.24, 2.45) is 0 Å². The Morgan fingerprint density at radius 3 is 2.58 bits per heavy atom. The van der Waals surface area contributed by atoms with Gasteiger partial charge in [0.1, 0.15) is 5.82 Å². The van der Waals surface area contributed by atoms with Crippen LogP contribution in [-0.2, 0) is 0 Å². The van der Waals surface area contributed by atoms with Gasteiger partial charge in [-0.1, -0.05) is 46.3 Å². The molecule has 0 fully saturated rings. The number of benzene rings is 2. The van der Waals surface area contributed by atoms with E-state index < -0.39 is 0 Å². The van der Waals surface area contributed by atoms with Crippen molar-refractivity contribution in [1.82, 2.24) is 0 Å². The minimum atomic E-state index is -0.182. The Kier molecular flexibility index (Phi) is 3.74. The Morgan fingerprint density at radius 2 is 1.79 bits per heavy atom. The lowest BCUT2D eigenvalue weighted by Crippen LogP contribution is -1.95. The highest BCUT2D eigenvalue weighted by Gasteiger charge is 2.18. The van der Waals surface area contributed by atoms with Crippen LogP contribution in [0.1, 0.15) is 16.0 Å². The van der Waals surface area contributed by atoms with Gasteiger partial charge in [0, 0.05) is 14.7 Å². The van der Waals surface area contributed by atoms with Gasteiger partial charge in [-0.05, 0) is 44.4 Å². The lowest BCUT2D eigenvalue weighted by atomic mass is 10.0. The lowest BCUT2D eigenvalue weighted by molar-refractivity contribution is 0.614. The molecule has 0 aliphatic carbocycles. The number of hydrogen-bond acceptors (Lipinski definition) is 1. The van der Waals surface area contributed by atoms with Crippen molar-refractivity contribution >= 4 is 53.3 Å². The molecule has 19 heavy (non-hydrogen) atoms. The first-order valence-electron chi connectivity index (χ1n) is 5.72. The van der Waals surface area contributed by atoms with Gasteiger partial charge in [0.05, 0.1) is 4.83 Å². The molecule has 2 aromatic carbocycles. The van der Waals surface area contributed by atoms with E-state index in [0.29, 0.717) is 5.56 Å². The quantitative estimate of drug-likeness (QED) is 0.444. The molecule has 0 saturated heterocycles. The summed E-state index contributed by atoms with van der Waals surface area (Å²) in [5.41, 5.74) is 1.77. The summed E-state index contributed by atoms with van der Waals surface area (Å²) in [5.74, 6) is -0.182. The molecule has 3 aromatic rings. The molecule has 4 heteroatoms. The average molecular weight is 400 g/mol. The largest absolute Gasteiger partial charge is 0.207 e. The summed E-state index contributed by atoms with van der Waals surface area (Å²) in [6, 6.07) is 13.0. The lowest BCUT2D eigenvalue weighted by Gasteiger charge is -2.10. The number of fused-ring (bicyclic) bond motifs is 1. The summed E-state index contributed by atoms with van der Waals surface area (Å²) in [4.78, 5) is -0.128. The van der Waals surface area contributed by atoms with E-state index in [-0.39, 0.29) is 10.6 Å². The molecule has 0 amide bonds. The summed E-state index contributed by atoms with van der Waals surface area (Å²) in [5, 5.41) is 3.24. The average Bonchev–Trinajstić information content (AvgIpc) is 2.84. The molecule has 0 bridgehead atoms. The third kappa shape index (κ3) is 2.37. The van der Waals surface area contributed by atoms with Crippen LogP contribution in [0.3, 0.4) is 0 Å². The van der Waals surface area contributed by atoms with Crippen molar-refractivity contribution in [3.63, 3.8) is 0 Å². The van der Waals surface area contributed by atoms with Gasteiger partial charge in [-0.3, -0.25) is 0 Å². The van der Waals surface area contributed by atoms with Gasteiger partial charge in [-0.15, -0.1) is 11.3 Å². The second-order valence-corrected chi connectivity index (χ2v) is 6.84. The molecule has 0 N–H and O–H groups in total. The molecule has 0 aliphatic heterocycles. The summed E-state index contributed by atoms with van der Waals surface area (Å²) in [6.07, 6.45) is 0. The van der Waals surface area contributed by atoms with Gasteiger partial charge in [0.25, 0.3) is 0 Å². The maximum Gasteiger partial charge on any atom is 0.127 e. The first-order chi connectivity index (χ1) is 9.18. The molecule has 0 nitrogen and oxygen atoms in total. The van der Waals surface area contributed by atoms with Gasteiger partial charge in [0.2, 0.25) is 0 Å². The zero-order valence-corrected chi connectivity index (χ0v) is 13.7. The summed E-state index contributed by atoms with van der Waals surface area (Å²) in [7, 11) is 0. The Morgan fingerprint density at radius 1 is 1.00 bits per heavy atom. The van der Waals surface area contributed by atoms with E-state index in [1.54, 1.807) is 17.4 Å². The van der Waals surface area contributed by atoms with Crippen LogP contribution in [0, 0.1) is 5.82 Å². The van der Waals surface area contributed by atoms with Crippen LogP contribution in [0.5, 0.6) is 0 Å². The van der Waals surface area contributed by atoms with Gasteiger partial charge >= 0.3 is 0 Å². The van der Waals surface area contributed by atoms with Crippen LogP contribution in [0.2, 0.25) is 0 Å². The monoisotopic (exact) mass is 398 g/mol. The zero-order valence-electron chi connectivity index (χ0n) is 9.74. The molecule has 96 valence electrons. The van der Waals surface area contributed by atoms with Crippen LogP contribution < -0.4 is 0 Å². The predicted octanol–water partition coefficient (Wildman–Crippen LogP) is 6.29. The topological polar surface area (TPSA) is 0 Å².